The lowest BCUT2D eigenvalue weighted by molar-refractivity contribution is 0.0981. The largest absolute Gasteiger partial charge is 0.294 e. The fourth-order valence-corrected chi connectivity index (χ4v) is 7.32. The monoisotopic (exact) mass is 698 g/mol. The molecule has 0 unspecified atom stereocenters. The number of amides is 1. The maximum absolute atomic E-state index is 13.1. The number of carbonyl (C=O) groups excluding carboxylic acids is 1. The van der Waals surface area contributed by atoms with Crippen LogP contribution in [0.15, 0.2) is 147 Å². The van der Waals surface area contributed by atoms with E-state index in [2.05, 4.69) is 24.0 Å². The van der Waals surface area contributed by atoms with E-state index in [-0.39, 0.29) is 15.4 Å². The molecular weight excluding hydrogens is 669 g/mol. The standard InChI is InChI=1S/C34H30N6O5S3/c35-38-39-48(44,45)32-19-11-27(12-20-32)25-40(22-23-46-30-6-2-1-3-7-30)24-26-9-17-31(18-10-26)47(42,43)37-34(41)29-15-13-28(14-16-29)33-8-4-5-21-36-33/h1-21H,22-25H2,(H,37,41). The normalized spacial score (nSPS) is 11.5. The predicted octanol–water partition coefficient (Wildman–Crippen LogP) is 6.66. The summed E-state index contributed by atoms with van der Waals surface area (Å²) < 4.78 is 55.3. The number of pyridine rings is 1. The Bertz CT molecular complexity index is 2110. The van der Waals surface area contributed by atoms with E-state index in [1.54, 1.807) is 72.6 Å². The van der Waals surface area contributed by atoms with Crippen molar-refractivity contribution in [1.29, 1.82) is 0 Å². The highest BCUT2D eigenvalue weighted by Crippen LogP contribution is 2.21. The first kappa shape index (κ1) is 34.4. The summed E-state index contributed by atoms with van der Waals surface area (Å²) in [6, 6.07) is 34.5. The summed E-state index contributed by atoms with van der Waals surface area (Å²) in [5.41, 5.74) is 12.0. The number of nitrogens with zero attached hydrogens (tertiary/aromatic N) is 5. The Morgan fingerprint density at radius 2 is 1.38 bits per heavy atom. The van der Waals surface area contributed by atoms with Crippen LogP contribution in [0.4, 0.5) is 0 Å². The Kier molecular flexibility index (Phi) is 11.3. The van der Waals surface area contributed by atoms with E-state index in [9.17, 15) is 21.6 Å². The number of thioether (sulfide) groups is 1. The van der Waals surface area contributed by atoms with Crippen molar-refractivity contribution in [3.8, 4) is 11.3 Å². The second-order valence-corrected chi connectivity index (χ2v) is 15.0. The minimum Gasteiger partial charge on any atom is -0.294 e. The van der Waals surface area contributed by atoms with Crippen LogP contribution >= 0.6 is 11.8 Å². The third kappa shape index (κ3) is 9.31. The molecule has 0 fully saturated rings. The number of benzene rings is 4. The summed E-state index contributed by atoms with van der Waals surface area (Å²) in [7, 11) is -8.22. The second-order valence-electron chi connectivity index (χ2n) is 10.5. The minimum absolute atomic E-state index is 0.0484. The zero-order chi connectivity index (χ0) is 34.0. The second kappa shape index (κ2) is 15.7. The van der Waals surface area contributed by atoms with E-state index in [1.165, 1.54) is 24.3 Å². The lowest BCUT2D eigenvalue weighted by Crippen LogP contribution is -2.30. The minimum atomic E-state index is -4.14. The zero-order valence-corrected chi connectivity index (χ0v) is 27.9. The molecule has 5 rings (SSSR count). The van der Waals surface area contributed by atoms with Crippen LogP contribution in [0.25, 0.3) is 21.7 Å². The van der Waals surface area contributed by atoms with Gasteiger partial charge in [-0.1, -0.05) is 60.7 Å². The molecule has 0 saturated carbocycles. The SMILES string of the molecule is [N-]=[N+]=NS(=O)(=O)c1ccc(CN(CCSc2ccccc2)Cc2ccc(S(=O)(=O)NC(=O)c3ccc(-c4ccccn4)cc3)cc2)cc1. The Morgan fingerprint density at radius 3 is 1.96 bits per heavy atom. The number of rotatable bonds is 14. The van der Waals surface area contributed by atoms with E-state index >= 15 is 0 Å². The van der Waals surface area contributed by atoms with Crippen LogP contribution in [0.3, 0.4) is 0 Å². The predicted molar refractivity (Wildman–Crippen MR) is 185 cm³/mol. The van der Waals surface area contributed by atoms with Gasteiger partial charge >= 0.3 is 0 Å². The Balaban J connectivity index is 1.26. The van der Waals surface area contributed by atoms with Gasteiger partial charge in [-0.2, -0.15) is 0 Å². The fraction of sp³-hybridized carbons (Fsp3) is 0.118. The number of nitrogens with one attached hydrogen (secondary N) is 1. The number of hydrogen-bond donors (Lipinski definition) is 1. The molecule has 0 radical (unpaired) electrons. The van der Waals surface area contributed by atoms with Crippen molar-refractivity contribution in [3.63, 3.8) is 0 Å². The molecular formula is C34H30N6O5S3. The highest BCUT2D eigenvalue weighted by molar-refractivity contribution is 7.99. The van der Waals surface area contributed by atoms with Gasteiger partial charge in [0, 0.05) is 57.0 Å². The number of aromatic nitrogens is 1. The summed E-state index contributed by atoms with van der Waals surface area (Å²) >= 11 is 1.70. The highest BCUT2D eigenvalue weighted by Gasteiger charge is 2.19. The van der Waals surface area contributed by atoms with Gasteiger partial charge in [-0.05, 0) is 77.3 Å². The van der Waals surface area contributed by atoms with Crippen LogP contribution in [0.1, 0.15) is 21.5 Å². The van der Waals surface area contributed by atoms with Crippen molar-refractivity contribution in [1.82, 2.24) is 14.6 Å². The molecule has 1 N–H and O–H groups in total. The number of azide groups is 1. The van der Waals surface area contributed by atoms with Gasteiger partial charge in [0.05, 0.1) is 15.5 Å². The third-order valence-corrected chi connectivity index (χ3v) is 10.7. The lowest BCUT2D eigenvalue weighted by Gasteiger charge is -2.23. The summed E-state index contributed by atoms with van der Waals surface area (Å²) in [5.74, 6) is 0.0290. The van der Waals surface area contributed by atoms with Crippen LogP contribution in [-0.2, 0) is 33.1 Å². The molecule has 0 spiro atoms. The first-order chi connectivity index (χ1) is 23.1. The van der Waals surface area contributed by atoms with E-state index in [1.807, 2.05) is 42.5 Å². The van der Waals surface area contributed by atoms with Crippen molar-refractivity contribution in [2.24, 2.45) is 4.52 Å². The van der Waals surface area contributed by atoms with Gasteiger partial charge in [0.1, 0.15) is 0 Å². The molecule has 1 heterocycles. The van der Waals surface area contributed by atoms with Crippen molar-refractivity contribution in [2.75, 3.05) is 12.3 Å². The van der Waals surface area contributed by atoms with Crippen molar-refractivity contribution in [2.45, 2.75) is 27.8 Å². The zero-order valence-electron chi connectivity index (χ0n) is 25.5. The maximum atomic E-state index is 13.1. The van der Waals surface area contributed by atoms with Gasteiger partial charge < -0.3 is 0 Å². The maximum Gasteiger partial charge on any atom is 0.264 e. The van der Waals surface area contributed by atoms with Crippen molar-refractivity contribution in [3.05, 3.63) is 155 Å². The van der Waals surface area contributed by atoms with Crippen molar-refractivity contribution < 1.29 is 21.6 Å². The van der Waals surface area contributed by atoms with E-state index < -0.39 is 26.0 Å². The van der Waals surface area contributed by atoms with E-state index in [0.29, 0.717) is 19.6 Å². The number of hydrogen-bond acceptors (Lipinski definition) is 8. The number of carbonyl (C=O) groups is 1. The number of sulfonamides is 2. The van der Waals surface area contributed by atoms with Gasteiger partial charge in [-0.25, -0.2) is 21.6 Å². The summed E-state index contributed by atoms with van der Waals surface area (Å²) in [5, 5.41) is 0. The molecule has 1 aromatic heterocycles. The first-order valence-corrected chi connectivity index (χ1v) is 18.5. The fourth-order valence-electron chi connectivity index (χ4n) is 4.74. The molecule has 244 valence electrons. The van der Waals surface area contributed by atoms with Crippen LogP contribution in [0.5, 0.6) is 0 Å². The molecule has 0 bridgehead atoms. The van der Waals surface area contributed by atoms with E-state index in [0.717, 1.165) is 33.0 Å². The molecule has 0 aliphatic heterocycles. The third-order valence-electron chi connectivity index (χ3n) is 7.17. The average molecular weight is 699 g/mol. The summed E-state index contributed by atoms with van der Waals surface area (Å²) in [4.78, 5) is 22.6. The van der Waals surface area contributed by atoms with Gasteiger partial charge in [0.25, 0.3) is 26.0 Å². The van der Waals surface area contributed by atoms with Crippen LogP contribution in [0.2, 0.25) is 0 Å². The van der Waals surface area contributed by atoms with Gasteiger partial charge in [-0.3, -0.25) is 14.7 Å². The summed E-state index contributed by atoms with van der Waals surface area (Å²) in [6.45, 7) is 1.63. The molecule has 0 aliphatic carbocycles. The lowest BCUT2D eigenvalue weighted by atomic mass is 10.1. The van der Waals surface area contributed by atoms with Gasteiger partial charge in [0.2, 0.25) is 0 Å². The smallest absolute Gasteiger partial charge is 0.264 e. The van der Waals surface area contributed by atoms with Gasteiger partial charge in [-0.15, -0.1) is 11.8 Å². The molecule has 0 atom stereocenters. The van der Waals surface area contributed by atoms with Crippen molar-refractivity contribution >= 4 is 37.7 Å². The molecule has 0 aliphatic rings. The molecule has 11 nitrogen and oxygen atoms in total. The molecule has 5 aromatic rings. The summed E-state index contributed by atoms with van der Waals surface area (Å²) in [6.07, 6.45) is 1.67. The average Bonchev–Trinajstić information content (AvgIpc) is 3.09. The van der Waals surface area contributed by atoms with Crippen LogP contribution < -0.4 is 4.72 Å². The quantitative estimate of drug-likeness (QED) is 0.0583. The molecule has 0 saturated heterocycles. The Morgan fingerprint density at radius 1 is 0.771 bits per heavy atom. The van der Waals surface area contributed by atoms with E-state index in [4.69, 9.17) is 5.53 Å². The molecule has 14 heteroatoms. The Labute approximate surface area is 283 Å². The molecule has 4 aromatic carbocycles. The first-order valence-electron chi connectivity index (χ1n) is 14.6. The Hall–Kier alpha value is -4.98. The van der Waals surface area contributed by atoms with Crippen LogP contribution in [-0.4, -0.2) is 44.9 Å². The molecule has 1 amide bonds. The van der Waals surface area contributed by atoms with Crippen LogP contribution in [0, 0.1) is 0 Å². The topological polar surface area (TPSA) is 162 Å². The van der Waals surface area contributed by atoms with Gasteiger partial charge in [0.15, 0.2) is 0 Å². The highest BCUT2D eigenvalue weighted by atomic mass is 32.2. The molecule has 48 heavy (non-hydrogen) atoms.